The maximum absolute atomic E-state index is 12.2. The van der Waals surface area contributed by atoms with E-state index in [1.165, 1.54) is 14.1 Å². The van der Waals surface area contributed by atoms with E-state index in [4.69, 9.17) is 71.0 Å². The van der Waals surface area contributed by atoms with Crippen molar-refractivity contribution in [2.45, 2.75) is 97.8 Å². The van der Waals surface area contributed by atoms with E-state index in [-0.39, 0.29) is 16.7 Å². The van der Waals surface area contributed by atoms with Gasteiger partial charge in [0.15, 0.2) is 6.33 Å². The topological polar surface area (TPSA) is 757 Å². The SMILES string of the molecule is Cn1c(=O)[nH]c[n+]([C@@H]2O[C@H](COP3(=O)OP(=O)(O)OP(=O)(O)O3)[C@H](O)C2O)c1=O.Cn1c(=O)[nH]cc([C@@H]2O[C@H](CO)[C@H](O)C2O)c1=O.Cn1c(=O)[nH]cc([C@@H]2O[C@H](COP(=O)(Cl)Cl)[C@H](O)C2O)c1=O.Cn1c(=O)[nH]cc([C@@H]2O[C@H](COP(=O)(O)OP(=O)(O)OP(=O)(O)O)[C@H](O)C2O)c1=O. The summed E-state index contributed by atoms with van der Waals surface area (Å²) in [5.74, 6) is 0. The molecule has 0 aliphatic carbocycles. The molecular formula is C39H59Cl2N9O42P7+. The van der Waals surface area contributed by atoms with E-state index >= 15 is 0 Å². The zero-order chi connectivity index (χ0) is 74.9. The van der Waals surface area contributed by atoms with Crippen LogP contribution in [0.3, 0.4) is 0 Å². The molecule has 9 rings (SSSR count). The highest BCUT2D eigenvalue weighted by atomic mass is 35.9. The van der Waals surface area contributed by atoms with Crippen molar-refractivity contribution in [2.24, 2.45) is 28.2 Å². The fourth-order valence-corrected chi connectivity index (χ4v) is 17.5. The Morgan fingerprint density at radius 3 is 1.24 bits per heavy atom. The summed E-state index contributed by atoms with van der Waals surface area (Å²) < 4.78 is 137. The van der Waals surface area contributed by atoms with Crippen molar-refractivity contribution in [1.82, 2.24) is 38.2 Å². The quantitative estimate of drug-likeness (QED) is 0.0325. The monoisotopic (exact) mass is 1610 g/mol. The first kappa shape index (κ1) is 83.7. The Morgan fingerprint density at radius 1 is 0.495 bits per heavy atom. The number of hydrogen-bond acceptors (Lipinski definition) is 36. The number of nitrogens with one attached hydrogen (secondary N) is 4. The van der Waals surface area contributed by atoms with Gasteiger partial charge in [-0.05, 0) is 22.5 Å². The molecule has 5 aliphatic heterocycles. The van der Waals surface area contributed by atoms with E-state index in [0.717, 1.165) is 52.7 Å². The zero-order valence-corrected chi connectivity index (χ0v) is 57.5. The van der Waals surface area contributed by atoms with Crippen molar-refractivity contribution in [2.75, 3.05) is 26.4 Å². The normalized spacial score (nSPS) is 33.5. The van der Waals surface area contributed by atoms with Crippen LogP contribution in [0.25, 0.3) is 0 Å². The van der Waals surface area contributed by atoms with Gasteiger partial charge in [0.1, 0.15) is 91.6 Å². The minimum atomic E-state index is -5.73. The van der Waals surface area contributed by atoms with Crippen molar-refractivity contribution in [3.8, 4) is 0 Å². The molecule has 560 valence electrons. The first-order valence-electron chi connectivity index (χ1n) is 26.5. The molecule has 0 spiro atoms. The van der Waals surface area contributed by atoms with Crippen molar-refractivity contribution < 1.29 is 166 Å². The van der Waals surface area contributed by atoms with Crippen LogP contribution in [0, 0.1) is 0 Å². The average Bonchev–Trinajstić information content (AvgIpc) is 1.70. The predicted molar refractivity (Wildman–Crippen MR) is 313 cm³/mol. The Kier molecular flexibility index (Phi) is 27.4. The molecule has 5 fully saturated rings. The molecule has 5 saturated heterocycles. The fourth-order valence-electron chi connectivity index (χ4n) is 8.89. The van der Waals surface area contributed by atoms with E-state index in [9.17, 15) is 116 Å². The van der Waals surface area contributed by atoms with Crippen LogP contribution in [0.4, 0.5) is 0 Å². The third kappa shape index (κ3) is 21.0. The number of rotatable bonds is 18. The Balaban J connectivity index is 0.000000212. The molecule has 9 heterocycles. The number of phosphoric acid groups is 6. The smallest absolute Gasteiger partial charge is 0.394 e. The van der Waals surface area contributed by atoms with E-state index in [0.29, 0.717) is 9.13 Å². The van der Waals surface area contributed by atoms with Crippen LogP contribution in [-0.4, -0.2) is 213 Å². The van der Waals surface area contributed by atoms with E-state index in [2.05, 4.69) is 55.1 Å². The van der Waals surface area contributed by atoms with Gasteiger partial charge in [-0.15, -0.1) is 0 Å². The zero-order valence-electron chi connectivity index (χ0n) is 49.7. The summed E-state index contributed by atoms with van der Waals surface area (Å²) in [5, 5.41) is 88.5. The number of H-pyrrole nitrogens is 4. The van der Waals surface area contributed by atoms with Crippen molar-refractivity contribution in [3.63, 3.8) is 0 Å². The molecule has 0 aromatic carbocycles. The predicted octanol–water partition coefficient (Wildman–Crippen LogP) is -7.99. The molecular weight excluding hydrogens is 1550 g/mol. The summed E-state index contributed by atoms with van der Waals surface area (Å²) in [6, 6.07) is 0. The lowest BCUT2D eigenvalue weighted by atomic mass is 10.0. The second-order valence-electron chi connectivity index (χ2n) is 20.5. The maximum atomic E-state index is 12.2. The van der Waals surface area contributed by atoms with Gasteiger partial charge in [-0.25, -0.2) is 56.3 Å². The van der Waals surface area contributed by atoms with E-state index < -0.39 is 222 Å². The molecule has 60 heteroatoms. The first-order valence-corrected chi connectivity index (χ1v) is 39.0. The van der Waals surface area contributed by atoms with Crippen LogP contribution in [0.1, 0.15) is 41.2 Å². The molecule has 4 aromatic rings. The lowest BCUT2D eigenvalue weighted by molar-refractivity contribution is -0.783. The van der Waals surface area contributed by atoms with Crippen LogP contribution in [0.15, 0.2) is 63.3 Å². The Labute approximate surface area is 555 Å². The van der Waals surface area contributed by atoms with E-state index in [1.807, 2.05) is 0 Å². The molecule has 20 atom stereocenters. The summed E-state index contributed by atoms with van der Waals surface area (Å²) in [7, 11) is -27.6. The van der Waals surface area contributed by atoms with Gasteiger partial charge in [-0.3, -0.25) is 41.7 Å². The van der Waals surface area contributed by atoms with Crippen LogP contribution >= 0.6 is 75.5 Å². The van der Waals surface area contributed by atoms with Gasteiger partial charge >= 0.3 is 81.5 Å². The molecule has 5 aliphatic rings. The lowest BCUT2D eigenvalue weighted by Gasteiger charge is -2.27. The number of aliphatic hydroxyl groups excluding tert-OH is 9. The van der Waals surface area contributed by atoms with Gasteiger partial charge in [0, 0.05) is 39.7 Å². The molecule has 19 N–H and O–H groups in total. The van der Waals surface area contributed by atoms with Gasteiger partial charge < -0.3 is 114 Å². The minimum absolute atomic E-state index is 0.0274. The highest BCUT2D eigenvalue weighted by Gasteiger charge is 2.56. The number of halogens is 2. The fraction of sp³-hybridized carbons (Fsp3) is 0.615. The third-order valence-corrected chi connectivity index (χ3v) is 24.0. The van der Waals surface area contributed by atoms with Crippen LogP contribution < -0.4 is 49.7 Å². The van der Waals surface area contributed by atoms with Gasteiger partial charge in [-0.2, -0.15) is 30.7 Å². The third-order valence-electron chi connectivity index (χ3n) is 13.8. The van der Waals surface area contributed by atoms with Crippen molar-refractivity contribution >= 4 is 75.5 Å². The maximum Gasteiger partial charge on any atom is 0.492 e. The summed E-state index contributed by atoms with van der Waals surface area (Å²) >= 11 is 10.4. The highest BCUT2D eigenvalue weighted by Crippen LogP contribution is 2.80. The molecule has 4 aromatic heterocycles. The Morgan fingerprint density at radius 2 is 0.859 bits per heavy atom. The van der Waals surface area contributed by atoms with Gasteiger partial charge in [0.05, 0.1) is 50.2 Å². The minimum Gasteiger partial charge on any atom is -0.394 e. The summed E-state index contributed by atoms with van der Waals surface area (Å²) in [5.41, 5.74) is -6.08. The first-order chi connectivity index (χ1) is 45.3. The van der Waals surface area contributed by atoms with Gasteiger partial charge in [0.25, 0.3) is 16.7 Å². The largest absolute Gasteiger partial charge is 0.492 e. The van der Waals surface area contributed by atoms with Crippen LogP contribution in [0.2, 0.25) is 0 Å². The number of aromatic nitrogens is 9. The van der Waals surface area contributed by atoms with Crippen molar-refractivity contribution in [3.05, 3.63) is 125 Å². The number of aromatic amines is 4. The second-order valence-corrected chi connectivity index (χ2v) is 34.2. The molecule has 51 nitrogen and oxygen atoms in total. The van der Waals surface area contributed by atoms with Gasteiger partial charge in [0.2, 0.25) is 6.23 Å². The molecule has 0 saturated carbocycles. The van der Waals surface area contributed by atoms with Crippen LogP contribution in [0.5, 0.6) is 0 Å². The lowest BCUT2D eigenvalue weighted by Crippen LogP contribution is -2.62. The summed E-state index contributed by atoms with van der Waals surface area (Å²) in [6.45, 7) is -2.89. The Bertz CT molecular complexity index is 4450. The molecule has 0 radical (unpaired) electrons. The van der Waals surface area contributed by atoms with Crippen LogP contribution in [-0.2, 0) is 114 Å². The molecule has 0 bridgehead atoms. The number of nitrogens with zero attached hydrogens (tertiary/aromatic N) is 5. The summed E-state index contributed by atoms with van der Waals surface area (Å²) in [6.07, 6.45) is -22.6. The highest BCUT2D eigenvalue weighted by molar-refractivity contribution is 8.05. The second kappa shape index (κ2) is 32.4. The molecule has 8 unspecified atom stereocenters. The molecule has 0 amide bonds. The molecule has 99 heavy (non-hydrogen) atoms. The number of hydrogen-bond donors (Lipinski definition) is 19. The number of phosphoric ester groups is 1. The van der Waals surface area contributed by atoms with E-state index in [1.54, 1.807) is 0 Å². The number of ether oxygens (including phenoxy) is 4. The van der Waals surface area contributed by atoms with Crippen molar-refractivity contribution in [1.29, 1.82) is 0 Å². The standard InChI is InChI=1S/C10H13Cl2N2O7P.C10H17N2O15P3.C10H14N2O6.C9H14N3O14P3/c1-14-9(17)4(2-13-10(14)18)8-7(16)6(15)5(21-8)3-20-22(11,12)19;1-12-9(15)4(2-11-10(12)16)8-7(14)6(13)5(25-8)3-24-29(20,21)27-30(22,23)26-28(17,18)19;1-12-9(16)4(2-11-10(12)17)8-7(15)6(14)5(3-13)18-8;1-11-8(15)10-3-12(9(11)16)7-6(14)5(13)4(23-7)2-22-29(21)25-27(17,18)24-28(19,20)26-29/h2,5-8,15-16H,3H2,1H3,(H,13,18);2,5-8,13-14H,3H2,1H3,(H,11,16)(H,20,21)(H,22,23)(H2,17,18,19);2,5-8,13-15H,3H2,1H3,(H,11,17);3-7,13-14H,2H2,1H3,(H2,17,18,19,20)/p+1/t3*5-,6+,7?,8+;4-,5+,6?,7-/m1111/s1. The summed E-state index contributed by atoms with van der Waals surface area (Å²) in [4.78, 5) is 156. The Hall–Kier alpha value is -4.24. The number of aliphatic hydroxyl groups is 9. The average molecular weight is 1610 g/mol. The van der Waals surface area contributed by atoms with Gasteiger partial charge in [-0.1, -0.05) is 0 Å².